The second kappa shape index (κ2) is 19.5. The van der Waals surface area contributed by atoms with Crippen LogP contribution in [-0.2, 0) is 9.47 Å². The molecule has 3 nitrogen and oxygen atoms in total. The number of rotatable bonds is 9. The Kier molecular flexibility index (Phi) is 22.4. The Morgan fingerprint density at radius 1 is 0.733 bits per heavy atom. The van der Waals surface area contributed by atoms with E-state index >= 15 is 0 Å². The Morgan fingerprint density at radius 2 is 1.27 bits per heavy atom. The molecule has 0 aliphatic carbocycles. The molecule has 0 amide bonds. The van der Waals surface area contributed by atoms with Gasteiger partial charge < -0.3 is 14.6 Å². The summed E-state index contributed by atoms with van der Waals surface area (Å²) in [5.74, 6) is 0. The molecule has 0 fully saturated rings. The van der Waals surface area contributed by atoms with E-state index in [0.29, 0.717) is 19.8 Å². The van der Waals surface area contributed by atoms with Crippen LogP contribution in [0.15, 0.2) is 0 Å². The first-order valence-electron chi connectivity index (χ1n) is 6.09. The van der Waals surface area contributed by atoms with Crippen LogP contribution in [0.1, 0.15) is 46.5 Å². The van der Waals surface area contributed by atoms with E-state index in [2.05, 4.69) is 20.8 Å². The van der Waals surface area contributed by atoms with Gasteiger partial charge in [0, 0.05) is 6.61 Å². The van der Waals surface area contributed by atoms with Gasteiger partial charge >= 0.3 is 0 Å². The number of aliphatic hydroxyl groups is 1. The van der Waals surface area contributed by atoms with Crippen LogP contribution >= 0.6 is 0 Å². The fraction of sp³-hybridized carbons (Fsp3) is 1.00. The molecule has 0 bridgehead atoms. The smallest absolute Gasteiger partial charge is 0.0701 e. The molecule has 0 aliphatic rings. The predicted molar refractivity (Wildman–Crippen MR) is 64.2 cm³/mol. The van der Waals surface area contributed by atoms with Crippen LogP contribution in [0.4, 0.5) is 0 Å². The number of unbranched alkanes of at least 4 members (excludes halogenated alkanes) is 2. The Hall–Kier alpha value is -0.120. The number of aliphatic hydroxyl groups excluding tert-OH is 1. The van der Waals surface area contributed by atoms with Crippen molar-refractivity contribution in [1.29, 1.82) is 0 Å². The highest BCUT2D eigenvalue weighted by Crippen LogP contribution is 1.87. The van der Waals surface area contributed by atoms with Crippen LogP contribution in [0.25, 0.3) is 0 Å². The molecule has 0 saturated carbocycles. The van der Waals surface area contributed by atoms with Gasteiger partial charge in [-0.3, -0.25) is 0 Å². The zero-order valence-electron chi connectivity index (χ0n) is 10.6. The highest BCUT2D eigenvalue weighted by atomic mass is 16.5. The normalized spacial score (nSPS) is 9.60. The molecule has 0 rings (SSSR count). The molecule has 0 heterocycles. The number of hydrogen-bond acceptors (Lipinski definition) is 3. The highest BCUT2D eigenvalue weighted by molar-refractivity contribution is 4.33. The lowest BCUT2D eigenvalue weighted by molar-refractivity contribution is 0.0324. The van der Waals surface area contributed by atoms with Crippen molar-refractivity contribution >= 4 is 0 Å². The van der Waals surface area contributed by atoms with Crippen molar-refractivity contribution in [2.24, 2.45) is 0 Å². The van der Waals surface area contributed by atoms with Gasteiger partial charge in [0.1, 0.15) is 0 Å². The van der Waals surface area contributed by atoms with E-state index in [1.165, 1.54) is 12.8 Å². The van der Waals surface area contributed by atoms with Crippen molar-refractivity contribution < 1.29 is 14.6 Å². The molecule has 1 N–H and O–H groups in total. The molecule has 0 saturated heterocycles. The molecule has 0 aromatic rings. The number of ether oxygens (including phenoxy) is 2. The van der Waals surface area contributed by atoms with E-state index in [1.807, 2.05) is 0 Å². The molecular formula is C12H28O3. The Labute approximate surface area is 94.8 Å². The van der Waals surface area contributed by atoms with Crippen molar-refractivity contribution in [3.63, 3.8) is 0 Å². The van der Waals surface area contributed by atoms with Crippen LogP contribution in [0.5, 0.6) is 0 Å². The zero-order valence-corrected chi connectivity index (χ0v) is 10.6. The largest absolute Gasteiger partial charge is 0.394 e. The quantitative estimate of drug-likeness (QED) is 0.607. The summed E-state index contributed by atoms with van der Waals surface area (Å²) >= 11 is 0. The summed E-state index contributed by atoms with van der Waals surface area (Å²) < 4.78 is 10.2. The van der Waals surface area contributed by atoms with Gasteiger partial charge in [0.2, 0.25) is 0 Å². The molecule has 94 valence electrons. The van der Waals surface area contributed by atoms with Crippen molar-refractivity contribution in [3.8, 4) is 0 Å². The van der Waals surface area contributed by atoms with Crippen LogP contribution in [0.2, 0.25) is 0 Å². The van der Waals surface area contributed by atoms with Gasteiger partial charge in [0.25, 0.3) is 0 Å². The maximum absolute atomic E-state index is 8.34. The van der Waals surface area contributed by atoms with E-state index in [9.17, 15) is 0 Å². The van der Waals surface area contributed by atoms with Crippen LogP contribution in [0, 0.1) is 0 Å². The molecule has 0 aliphatic heterocycles. The molecule has 3 heteroatoms. The summed E-state index contributed by atoms with van der Waals surface area (Å²) in [5.41, 5.74) is 0. The van der Waals surface area contributed by atoms with E-state index in [4.69, 9.17) is 14.6 Å². The first kappa shape index (κ1) is 17.3. The molecule has 0 unspecified atom stereocenters. The standard InChI is InChI=1S/C8H18O3.C4H10/c1-2-3-5-10-7-8-11-6-4-9;1-3-4-2/h9H,2-8H2,1H3;3-4H2,1-2H3. The minimum Gasteiger partial charge on any atom is -0.394 e. The Morgan fingerprint density at radius 3 is 1.67 bits per heavy atom. The summed E-state index contributed by atoms with van der Waals surface area (Å²) in [6.07, 6.45) is 4.91. The molecule has 0 spiro atoms. The lowest BCUT2D eigenvalue weighted by Gasteiger charge is -2.02. The molecule has 15 heavy (non-hydrogen) atoms. The van der Waals surface area contributed by atoms with Gasteiger partial charge in [-0.25, -0.2) is 0 Å². The lowest BCUT2D eigenvalue weighted by Crippen LogP contribution is -2.07. The summed E-state index contributed by atoms with van der Waals surface area (Å²) in [6.45, 7) is 9.04. The van der Waals surface area contributed by atoms with Crippen LogP contribution < -0.4 is 0 Å². The average molecular weight is 220 g/mol. The maximum Gasteiger partial charge on any atom is 0.0701 e. The van der Waals surface area contributed by atoms with Crippen molar-refractivity contribution in [2.75, 3.05) is 33.0 Å². The van der Waals surface area contributed by atoms with E-state index in [1.54, 1.807) is 0 Å². The Bertz CT molecular complexity index is 76.9. The second-order valence-corrected chi connectivity index (χ2v) is 3.30. The second-order valence-electron chi connectivity index (χ2n) is 3.30. The van der Waals surface area contributed by atoms with Crippen molar-refractivity contribution in [2.45, 2.75) is 46.5 Å². The minimum absolute atomic E-state index is 0.0922. The lowest BCUT2D eigenvalue weighted by atomic mass is 10.4. The summed E-state index contributed by atoms with van der Waals surface area (Å²) in [6, 6.07) is 0. The minimum atomic E-state index is 0.0922. The van der Waals surface area contributed by atoms with Gasteiger partial charge in [0.05, 0.1) is 26.4 Å². The SMILES string of the molecule is CCCC.CCCCOCCOCCO. The molecular weight excluding hydrogens is 192 g/mol. The third kappa shape index (κ3) is 24.8. The van der Waals surface area contributed by atoms with E-state index in [-0.39, 0.29) is 6.61 Å². The van der Waals surface area contributed by atoms with Crippen molar-refractivity contribution in [3.05, 3.63) is 0 Å². The summed E-state index contributed by atoms with van der Waals surface area (Å²) in [7, 11) is 0. The third-order valence-electron chi connectivity index (χ3n) is 1.75. The van der Waals surface area contributed by atoms with Crippen LogP contribution in [-0.4, -0.2) is 38.1 Å². The Balaban J connectivity index is 0. The van der Waals surface area contributed by atoms with Crippen LogP contribution in [0.3, 0.4) is 0 Å². The molecule has 0 atom stereocenters. The van der Waals surface area contributed by atoms with Gasteiger partial charge in [-0.05, 0) is 6.42 Å². The van der Waals surface area contributed by atoms with Gasteiger partial charge in [-0.1, -0.05) is 40.0 Å². The number of hydrogen-bond donors (Lipinski definition) is 1. The molecule has 0 radical (unpaired) electrons. The van der Waals surface area contributed by atoms with Gasteiger partial charge in [0.15, 0.2) is 0 Å². The summed E-state index contributed by atoms with van der Waals surface area (Å²) in [4.78, 5) is 0. The molecule has 0 aromatic carbocycles. The first-order valence-corrected chi connectivity index (χ1v) is 6.09. The fourth-order valence-corrected chi connectivity index (χ4v) is 0.633. The average Bonchev–Trinajstić information content (AvgIpc) is 2.28. The van der Waals surface area contributed by atoms with Crippen molar-refractivity contribution in [1.82, 2.24) is 0 Å². The highest BCUT2D eigenvalue weighted by Gasteiger charge is 1.87. The first-order chi connectivity index (χ1) is 7.33. The van der Waals surface area contributed by atoms with Gasteiger partial charge in [-0.2, -0.15) is 0 Å². The van der Waals surface area contributed by atoms with E-state index in [0.717, 1.165) is 19.4 Å². The topological polar surface area (TPSA) is 38.7 Å². The van der Waals surface area contributed by atoms with Gasteiger partial charge in [-0.15, -0.1) is 0 Å². The van der Waals surface area contributed by atoms with E-state index < -0.39 is 0 Å². The fourth-order valence-electron chi connectivity index (χ4n) is 0.633. The maximum atomic E-state index is 8.34. The predicted octanol–water partition coefficient (Wildman–Crippen LogP) is 2.62. The monoisotopic (exact) mass is 220 g/mol. The third-order valence-corrected chi connectivity index (χ3v) is 1.75. The zero-order chi connectivity index (χ0) is 11.8. The molecule has 0 aromatic heterocycles. The summed E-state index contributed by atoms with van der Waals surface area (Å²) in [5, 5.41) is 8.34.